The highest BCUT2D eigenvalue weighted by Crippen LogP contribution is 2.50. The summed E-state index contributed by atoms with van der Waals surface area (Å²) in [6.45, 7) is 8.46. The summed E-state index contributed by atoms with van der Waals surface area (Å²) in [5.74, 6) is -0.753. The van der Waals surface area contributed by atoms with Crippen LogP contribution >= 0.6 is 0 Å². The van der Waals surface area contributed by atoms with Crippen LogP contribution in [0.3, 0.4) is 0 Å². The second kappa shape index (κ2) is 5.39. The third-order valence-electron chi connectivity index (χ3n) is 4.22. The topological polar surface area (TPSA) is 20.3 Å². The molecule has 0 aromatic heterocycles. The number of halogens is 2. The molecular weight excluding hydrogens is 272 g/mol. The van der Waals surface area contributed by atoms with Crippen LogP contribution in [0.1, 0.15) is 46.1 Å². The molecular formula is C17H23F2NO. The molecule has 0 radical (unpaired) electrons. The monoisotopic (exact) mass is 295 g/mol. The Labute approximate surface area is 125 Å². The smallest absolute Gasteiger partial charge is 0.226 e. The van der Waals surface area contributed by atoms with Crippen LogP contribution in [-0.2, 0) is 10.5 Å². The van der Waals surface area contributed by atoms with Crippen LogP contribution in [0.2, 0.25) is 0 Å². The second-order valence-corrected chi connectivity index (χ2v) is 6.83. The molecule has 2 nitrogen and oxygen atoms in total. The van der Waals surface area contributed by atoms with E-state index < -0.39 is 11.5 Å². The zero-order chi connectivity index (χ0) is 15.8. The lowest BCUT2D eigenvalue weighted by Gasteiger charge is -2.45. The maximum atomic E-state index is 14.8. The molecule has 0 spiro atoms. The molecule has 1 saturated carbocycles. The molecule has 4 heteroatoms. The van der Waals surface area contributed by atoms with E-state index in [4.69, 9.17) is 0 Å². The van der Waals surface area contributed by atoms with Crippen molar-refractivity contribution in [2.24, 2.45) is 5.92 Å². The van der Waals surface area contributed by atoms with E-state index >= 15 is 0 Å². The predicted octanol–water partition coefficient (Wildman–Crippen LogP) is 4.05. The van der Waals surface area contributed by atoms with Gasteiger partial charge in [0.1, 0.15) is 11.5 Å². The molecule has 1 aromatic rings. The molecule has 0 atom stereocenters. The maximum absolute atomic E-state index is 14.8. The minimum Gasteiger partial charge on any atom is -0.338 e. The summed E-state index contributed by atoms with van der Waals surface area (Å²) < 4.78 is 28.0. The first-order chi connectivity index (χ1) is 9.67. The molecule has 21 heavy (non-hydrogen) atoms. The SMILES string of the molecule is CCN(C(=O)C1CC(F)(c2cccc(F)c2)C1)C(C)(C)C. The maximum Gasteiger partial charge on any atom is 0.226 e. The number of rotatable bonds is 3. The molecule has 116 valence electrons. The van der Waals surface area contributed by atoms with Crippen LogP contribution in [0.15, 0.2) is 24.3 Å². The Bertz CT molecular complexity index is 530. The molecule has 1 aromatic carbocycles. The Morgan fingerprint density at radius 3 is 2.48 bits per heavy atom. The highest BCUT2D eigenvalue weighted by molar-refractivity contribution is 5.81. The van der Waals surface area contributed by atoms with Crippen molar-refractivity contribution in [1.82, 2.24) is 4.90 Å². The van der Waals surface area contributed by atoms with Gasteiger partial charge in [0, 0.05) is 18.0 Å². The fourth-order valence-electron chi connectivity index (χ4n) is 3.08. The number of alkyl halides is 1. The van der Waals surface area contributed by atoms with E-state index in [0.29, 0.717) is 12.1 Å². The van der Waals surface area contributed by atoms with Crippen molar-refractivity contribution in [3.8, 4) is 0 Å². The summed E-state index contributed by atoms with van der Waals surface area (Å²) in [7, 11) is 0. The van der Waals surface area contributed by atoms with Crippen molar-refractivity contribution in [3.63, 3.8) is 0 Å². The summed E-state index contributed by atoms with van der Waals surface area (Å²) in [5, 5.41) is 0. The average molecular weight is 295 g/mol. The van der Waals surface area contributed by atoms with Crippen LogP contribution in [0.4, 0.5) is 8.78 Å². The van der Waals surface area contributed by atoms with Crippen molar-refractivity contribution >= 4 is 5.91 Å². The molecule has 2 rings (SSSR count). The molecule has 1 aliphatic rings. The van der Waals surface area contributed by atoms with Gasteiger partial charge < -0.3 is 4.90 Å². The van der Waals surface area contributed by atoms with Gasteiger partial charge in [0.15, 0.2) is 0 Å². The first-order valence-corrected chi connectivity index (χ1v) is 7.44. The molecule has 1 amide bonds. The Hall–Kier alpha value is -1.45. The van der Waals surface area contributed by atoms with E-state index in [1.54, 1.807) is 11.0 Å². The zero-order valence-electron chi connectivity index (χ0n) is 13.1. The quantitative estimate of drug-likeness (QED) is 0.824. The Balaban J connectivity index is 2.07. The van der Waals surface area contributed by atoms with E-state index in [0.717, 1.165) is 0 Å². The van der Waals surface area contributed by atoms with Crippen LogP contribution in [-0.4, -0.2) is 22.9 Å². The number of benzene rings is 1. The largest absolute Gasteiger partial charge is 0.338 e. The Morgan fingerprint density at radius 2 is 2.00 bits per heavy atom. The van der Waals surface area contributed by atoms with Crippen molar-refractivity contribution in [3.05, 3.63) is 35.6 Å². The number of carbonyl (C=O) groups excluding carboxylic acids is 1. The summed E-state index contributed by atoms with van der Waals surface area (Å²) >= 11 is 0. The Morgan fingerprint density at radius 1 is 1.38 bits per heavy atom. The van der Waals surface area contributed by atoms with Gasteiger partial charge in [0.05, 0.1) is 0 Å². The normalized spacial score (nSPS) is 25.3. The van der Waals surface area contributed by atoms with Gasteiger partial charge in [0.2, 0.25) is 5.91 Å². The van der Waals surface area contributed by atoms with E-state index in [2.05, 4.69) is 0 Å². The minimum absolute atomic E-state index is 0.00493. The number of nitrogens with zero attached hydrogens (tertiary/aromatic N) is 1. The number of carbonyl (C=O) groups is 1. The van der Waals surface area contributed by atoms with E-state index in [9.17, 15) is 13.6 Å². The van der Waals surface area contributed by atoms with Crippen LogP contribution < -0.4 is 0 Å². The lowest BCUT2D eigenvalue weighted by Crippen LogP contribution is -2.53. The lowest BCUT2D eigenvalue weighted by atomic mass is 9.68. The van der Waals surface area contributed by atoms with Crippen LogP contribution in [0, 0.1) is 11.7 Å². The summed E-state index contributed by atoms with van der Waals surface area (Å²) in [4.78, 5) is 14.3. The predicted molar refractivity (Wildman–Crippen MR) is 79.1 cm³/mol. The molecule has 0 heterocycles. The van der Waals surface area contributed by atoms with Gasteiger partial charge in [-0.25, -0.2) is 8.78 Å². The van der Waals surface area contributed by atoms with Gasteiger partial charge in [-0.05, 0) is 58.2 Å². The minimum atomic E-state index is -1.57. The van der Waals surface area contributed by atoms with Gasteiger partial charge in [-0.3, -0.25) is 4.79 Å². The lowest BCUT2D eigenvalue weighted by molar-refractivity contribution is -0.150. The fourth-order valence-corrected chi connectivity index (χ4v) is 3.08. The fraction of sp³-hybridized carbons (Fsp3) is 0.588. The summed E-state index contributed by atoms with van der Waals surface area (Å²) in [6.07, 6.45) is 0.281. The van der Waals surface area contributed by atoms with Crippen LogP contribution in [0.5, 0.6) is 0 Å². The highest BCUT2D eigenvalue weighted by atomic mass is 19.1. The van der Waals surface area contributed by atoms with E-state index in [-0.39, 0.29) is 30.2 Å². The van der Waals surface area contributed by atoms with Gasteiger partial charge in [-0.15, -0.1) is 0 Å². The number of hydrogen-bond donors (Lipinski definition) is 0. The van der Waals surface area contributed by atoms with Gasteiger partial charge >= 0.3 is 0 Å². The van der Waals surface area contributed by atoms with Crippen LogP contribution in [0.25, 0.3) is 0 Å². The third kappa shape index (κ3) is 3.09. The van der Waals surface area contributed by atoms with Gasteiger partial charge in [-0.1, -0.05) is 12.1 Å². The summed E-state index contributed by atoms with van der Waals surface area (Å²) in [5.41, 5.74) is -1.50. The van der Waals surface area contributed by atoms with Gasteiger partial charge in [-0.2, -0.15) is 0 Å². The first kappa shape index (κ1) is 15.9. The van der Waals surface area contributed by atoms with E-state index in [1.165, 1.54) is 18.2 Å². The third-order valence-corrected chi connectivity index (χ3v) is 4.22. The molecule has 0 saturated heterocycles. The number of amides is 1. The van der Waals surface area contributed by atoms with Crippen molar-refractivity contribution < 1.29 is 13.6 Å². The molecule has 1 aliphatic carbocycles. The standard InChI is InChI=1S/C17H23F2NO/c1-5-20(16(2,3)4)15(21)12-10-17(19,11-12)13-7-6-8-14(18)9-13/h6-9,12H,5,10-11H2,1-4H3. The highest BCUT2D eigenvalue weighted by Gasteiger charge is 2.51. The molecule has 0 aliphatic heterocycles. The van der Waals surface area contributed by atoms with Crippen molar-refractivity contribution in [2.45, 2.75) is 51.7 Å². The molecule has 0 bridgehead atoms. The van der Waals surface area contributed by atoms with Crippen molar-refractivity contribution in [2.75, 3.05) is 6.54 Å². The van der Waals surface area contributed by atoms with Gasteiger partial charge in [0.25, 0.3) is 0 Å². The first-order valence-electron chi connectivity index (χ1n) is 7.44. The second-order valence-electron chi connectivity index (χ2n) is 6.83. The Kier molecular flexibility index (Phi) is 4.09. The number of hydrogen-bond acceptors (Lipinski definition) is 1. The van der Waals surface area contributed by atoms with E-state index in [1.807, 2.05) is 27.7 Å². The molecule has 0 unspecified atom stereocenters. The van der Waals surface area contributed by atoms with Crippen molar-refractivity contribution in [1.29, 1.82) is 0 Å². The molecule has 0 N–H and O–H groups in total. The summed E-state index contributed by atoms with van der Waals surface area (Å²) in [6, 6.07) is 5.62. The average Bonchev–Trinajstić information content (AvgIpc) is 2.33. The molecule has 1 fully saturated rings. The zero-order valence-corrected chi connectivity index (χ0v) is 13.1.